The van der Waals surface area contributed by atoms with Crippen molar-refractivity contribution in [1.82, 2.24) is 19.0 Å². The van der Waals surface area contributed by atoms with E-state index in [1.54, 1.807) is 16.6 Å². The first-order valence-corrected chi connectivity index (χ1v) is 8.69. The first kappa shape index (κ1) is 17.1. The van der Waals surface area contributed by atoms with Crippen molar-refractivity contribution in [1.29, 1.82) is 0 Å². The van der Waals surface area contributed by atoms with Crippen molar-refractivity contribution in [2.75, 3.05) is 13.7 Å². The summed E-state index contributed by atoms with van der Waals surface area (Å²) in [6.07, 6.45) is 1.47. The Labute approximate surface area is 156 Å². The zero-order valence-electron chi connectivity index (χ0n) is 15.5. The lowest BCUT2D eigenvalue weighted by Crippen LogP contribution is -2.39. The molecule has 140 valence electrons. The third-order valence-corrected chi connectivity index (χ3v) is 5.32. The molecular weight excluding hydrogens is 346 g/mol. The summed E-state index contributed by atoms with van der Waals surface area (Å²) >= 11 is 0. The molecule has 8 heteroatoms. The maximum Gasteiger partial charge on any atom is 0.266 e. The van der Waals surface area contributed by atoms with E-state index in [1.165, 1.54) is 6.20 Å². The summed E-state index contributed by atoms with van der Waals surface area (Å²) in [7, 11) is 3.56. The van der Waals surface area contributed by atoms with Gasteiger partial charge in [-0.3, -0.25) is 9.59 Å². The molecule has 0 fully saturated rings. The highest BCUT2D eigenvalue weighted by Gasteiger charge is 2.28. The first-order chi connectivity index (χ1) is 12.9. The first-order valence-electron chi connectivity index (χ1n) is 8.69. The van der Waals surface area contributed by atoms with Crippen LogP contribution in [0.1, 0.15) is 32.4 Å². The highest BCUT2D eigenvalue weighted by molar-refractivity contribution is 6.08. The zero-order chi connectivity index (χ0) is 19.3. The lowest BCUT2D eigenvalue weighted by molar-refractivity contribution is 0.0707. The second-order valence-electron chi connectivity index (χ2n) is 6.70. The lowest BCUT2D eigenvalue weighted by Gasteiger charge is -2.28. The largest absolute Gasteiger partial charge is 0.497 e. The summed E-state index contributed by atoms with van der Waals surface area (Å²) in [6, 6.07) is 5.74. The Balaban J connectivity index is 1.73. The number of primary amides is 1. The predicted molar refractivity (Wildman–Crippen MR) is 99.7 cm³/mol. The highest BCUT2D eigenvalue weighted by Crippen LogP contribution is 2.30. The van der Waals surface area contributed by atoms with Crippen molar-refractivity contribution in [3.05, 3.63) is 47.2 Å². The Morgan fingerprint density at radius 3 is 2.74 bits per heavy atom. The van der Waals surface area contributed by atoms with E-state index in [4.69, 9.17) is 10.5 Å². The molecule has 0 saturated carbocycles. The smallest absolute Gasteiger partial charge is 0.266 e. The number of aryl methyl sites for hydroxylation is 1. The number of nitrogens with two attached hydrogens (primary N) is 1. The molecule has 2 aromatic heterocycles. The van der Waals surface area contributed by atoms with Crippen LogP contribution in [-0.4, -0.2) is 44.5 Å². The van der Waals surface area contributed by atoms with Gasteiger partial charge >= 0.3 is 0 Å². The normalized spacial score (nSPS) is 13.7. The van der Waals surface area contributed by atoms with Gasteiger partial charge in [0.2, 0.25) is 0 Å². The molecule has 0 saturated heterocycles. The Bertz CT molecular complexity index is 1080. The third-order valence-electron chi connectivity index (χ3n) is 5.32. The Morgan fingerprint density at radius 1 is 1.26 bits per heavy atom. The molecule has 4 rings (SSSR count). The fourth-order valence-electron chi connectivity index (χ4n) is 3.74. The van der Waals surface area contributed by atoms with E-state index in [0.29, 0.717) is 42.5 Å². The number of ether oxygens (including phenoxy) is 1. The summed E-state index contributed by atoms with van der Waals surface area (Å²) in [4.78, 5) is 30.9. The van der Waals surface area contributed by atoms with Gasteiger partial charge in [-0.2, -0.15) is 0 Å². The topological polar surface area (TPSA) is 95.4 Å². The van der Waals surface area contributed by atoms with E-state index in [-0.39, 0.29) is 5.91 Å². The number of benzene rings is 1. The molecule has 2 N–H and O–H groups in total. The number of amides is 2. The Kier molecular flexibility index (Phi) is 3.91. The van der Waals surface area contributed by atoms with Gasteiger partial charge in [0.1, 0.15) is 17.3 Å². The van der Waals surface area contributed by atoms with Gasteiger partial charge < -0.3 is 24.5 Å². The van der Waals surface area contributed by atoms with Gasteiger partial charge in [0.25, 0.3) is 11.8 Å². The van der Waals surface area contributed by atoms with Crippen molar-refractivity contribution >= 4 is 22.7 Å². The van der Waals surface area contributed by atoms with Crippen molar-refractivity contribution in [2.24, 2.45) is 12.8 Å². The van der Waals surface area contributed by atoms with Gasteiger partial charge in [0, 0.05) is 36.7 Å². The van der Waals surface area contributed by atoms with E-state index in [9.17, 15) is 9.59 Å². The number of hydrogen-bond acceptors (Lipinski definition) is 4. The molecule has 1 aliphatic rings. The second kappa shape index (κ2) is 6.15. The summed E-state index contributed by atoms with van der Waals surface area (Å²) in [5.41, 5.74) is 8.31. The van der Waals surface area contributed by atoms with Crippen LogP contribution in [0.15, 0.2) is 24.4 Å². The van der Waals surface area contributed by atoms with Gasteiger partial charge in [-0.1, -0.05) is 0 Å². The highest BCUT2D eigenvalue weighted by atomic mass is 16.5. The number of carbonyl (C=O) groups excluding carboxylic acids is 2. The minimum absolute atomic E-state index is 0.0544. The SMILES string of the molecule is COc1ccc2c(c1)c(C(=O)N1CCn3c(C(N)=O)cnc3C1)c(C)n2C. The van der Waals surface area contributed by atoms with Gasteiger partial charge in [0.05, 0.1) is 25.4 Å². The number of hydrogen-bond donors (Lipinski definition) is 1. The number of aromatic nitrogens is 3. The fourth-order valence-corrected chi connectivity index (χ4v) is 3.74. The molecule has 1 aliphatic heterocycles. The van der Waals surface area contributed by atoms with Crippen LogP contribution in [0.5, 0.6) is 5.75 Å². The average Bonchev–Trinajstić information content (AvgIpc) is 3.20. The molecule has 2 amide bonds. The van der Waals surface area contributed by atoms with Crippen LogP contribution >= 0.6 is 0 Å². The van der Waals surface area contributed by atoms with E-state index in [1.807, 2.05) is 36.7 Å². The van der Waals surface area contributed by atoms with Crippen LogP contribution in [0.2, 0.25) is 0 Å². The van der Waals surface area contributed by atoms with Gasteiger partial charge in [-0.25, -0.2) is 4.98 Å². The van der Waals surface area contributed by atoms with Crippen LogP contribution in [0.3, 0.4) is 0 Å². The Morgan fingerprint density at radius 2 is 2.04 bits per heavy atom. The number of carbonyl (C=O) groups is 2. The van der Waals surface area contributed by atoms with Crippen molar-refractivity contribution in [3.63, 3.8) is 0 Å². The number of imidazole rings is 1. The van der Waals surface area contributed by atoms with Crippen molar-refractivity contribution in [3.8, 4) is 5.75 Å². The molecule has 3 aromatic rings. The van der Waals surface area contributed by atoms with Gasteiger partial charge in [0.15, 0.2) is 0 Å². The quantitative estimate of drug-likeness (QED) is 0.758. The molecular formula is C19H21N5O3. The molecule has 0 aliphatic carbocycles. The second-order valence-corrected chi connectivity index (χ2v) is 6.70. The molecule has 0 spiro atoms. The average molecular weight is 367 g/mol. The van der Waals surface area contributed by atoms with E-state index >= 15 is 0 Å². The minimum atomic E-state index is -0.509. The summed E-state index contributed by atoms with van der Waals surface area (Å²) in [6.45, 7) is 3.26. The molecule has 8 nitrogen and oxygen atoms in total. The van der Waals surface area contributed by atoms with E-state index < -0.39 is 5.91 Å². The minimum Gasteiger partial charge on any atom is -0.497 e. The molecule has 1 aromatic carbocycles. The number of fused-ring (bicyclic) bond motifs is 2. The van der Waals surface area contributed by atoms with Crippen LogP contribution in [0.25, 0.3) is 10.9 Å². The van der Waals surface area contributed by atoms with Crippen LogP contribution in [0, 0.1) is 6.92 Å². The standard InChI is InChI=1S/C19H21N5O3/c1-11-17(13-8-12(27-3)4-5-14(13)22(11)2)19(26)23-6-7-24-15(18(20)25)9-21-16(24)10-23/h4-5,8-9H,6-7,10H2,1-3H3,(H2,20,25). The monoisotopic (exact) mass is 367 g/mol. The van der Waals surface area contributed by atoms with Crippen molar-refractivity contribution < 1.29 is 14.3 Å². The lowest BCUT2D eigenvalue weighted by atomic mass is 10.1. The van der Waals surface area contributed by atoms with Crippen LogP contribution in [-0.2, 0) is 20.1 Å². The third kappa shape index (κ3) is 2.56. The maximum atomic E-state index is 13.3. The molecule has 0 radical (unpaired) electrons. The maximum absolute atomic E-state index is 13.3. The molecule has 27 heavy (non-hydrogen) atoms. The summed E-state index contributed by atoms with van der Waals surface area (Å²) in [5.74, 6) is 0.813. The number of nitrogens with zero attached hydrogens (tertiary/aromatic N) is 4. The summed E-state index contributed by atoms with van der Waals surface area (Å²) in [5, 5.41) is 0.867. The van der Waals surface area contributed by atoms with Crippen LogP contribution in [0.4, 0.5) is 0 Å². The molecule has 0 atom stereocenters. The molecule has 3 heterocycles. The van der Waals surface area contributed by atoms with Gasteiger partial charge in [-0.15, -0.1) is 0 Å². The zero-order valence-corrected chi connectivity index (χ0v) is 15.5. The van der Waals surface area contributed by atoms with E-state index in [2.05, 4.69) is 4.98 Å². The van der Waals surface area contributed by atoms with Crippen molar-refractivity contribution in [2.45, 2.75) is 20.0 Å². The number of methoxy groups -OCH3 is 1. The van der Waals surface area contributed by atoms with Crippen LogP contribution < -0.4 is 10.5 Å². The fraction of sp³-hybridized carbons (Fsp3) is 0.316. The molecule has 0 bridgehead atoms. The molecule has 0 unspecified atom stereocenters. The predicted octanol–water partition coefficient (Wildman–Crippen LogP) is 1.45. The number of rotatable bonds is 3. The van der Waals surface area contributed by atoms with Gasteiger partial charge in [-0.05, 0) is 25.1 Å². The van der Waals surface area contributed by atoms with E-state index in [0.717, 1.165) is 16.6 Å². The summed E-state index contributed by atoms with van der Waals surface area (Å²) < 4.78 is 9.13. The Hall–Kier alpha value is -3.29.